The Hall–Kier alpha value is -3.11. The van der Waals surface area contributed by atoms with E-state index in [0.717, 1.165) is 33.8 Å². The number of amidine groups is 1. The molecule has 1 N–H and O–H groups in total. The van der Waals surface area contributed by atoms with Crippen molar-refractivity contribution in [1.82, 2.24) is 5.43 Å². The molecule has 0 unspecified atom stereocenters. The molecule has 1 aliphatic heterocycles. The van der Waals surface area contributed by atoms with Crippen LogP contribution < -0.4 is 10.2 Å². The second-order valence-corrected chi connectivity index (χ2v) is 6.23. The molecule has 1 aliphatic rings. The molecule has 0 saturated heterocycles. The highest BCUT2D eigenvalue weighted by Gasteiger charge is 2.18. The van der Waals surface area contributed by atoms with E-state index >= 15 is 0 Å². The molecule has 0 aliphatic carbocycles. The van der Waals surface area contributed by atoms with Gasteiger partial charge >= 0.3 is 0 Å². The van der Waals surface area contributed by atoms with Gasteiger partial charge in [-0.2, -0.15) is 5.10 Å². The SMILES string of the molecule is COc1ccc2c(c1)C(c1ccc(Cl)cc1)=NNC(c1ccccc1)=N2. The Morgan fingerprint density at radius 1 is 0.885 bits per heavy atom. The zero-order chi connectivity index (χ0) is 17.9. The Bertz CT molecular complexity index is 996. The fourth-order valence-electron chi connectivity index (χ4n) is 2.80. The zero-order valence-electron chi connectivity index (χ0n) is 14.1. The van der Waals surface area contributed by atoms with Crippen LogP contribution in [0.3, 0.4) is 0 Å². The van der Waals surface area contributed by atoms with E-state index in [0.29, 0.717) is 10.9 Å². The first kappa shape index (κ1) is 16.4. The highest BCUT2D eigenvalue weighted by Crippen LogP contribution is 2.29. The van der Waals surface area contributed by atoms with Crippen molar-refractivity contribution in [2.75, 3.05) is 7.11 Å². The van der Waals surface area contributed by atoms with Crippen LogP contribution >= 0.6 is 11.6 Å². The first-order chi connectivity index (χ1) is 12.7. The standard InChI is InChI=1S/C21H16ClN3O/c1-26-17-11-12-19-18(13-17)20(14-7-9-16(22)10-8-14)24-25-21(23-19)15-5-3-2-4-6-15/h2-13H,1H3,(H,23,25). The Balaban J connectivity index is 1.88. The minimum Gasteiger partial charge on any atom is -0.497 e. The van der Waals surface area contributed by atoms with Crippen LogP contribution in [0, 0.1) is 0 Å². The maximum Gasteiger partial charge on any atom is 0.154 e. The van der Waals surface area contributed by atoms with Crippen LogP contribution in [-0.2, 0) is 0 Å². The van der Waals surface area contributed by atoms with Gasteiger partial charge in [-0.3, -0.25) is 5.43 Å². The molecule has 26 heavy (non-hydrogen) atoms. The first-order valence-electron chi connectivity index (χ1n) is 8.17. The summed E-state index contributed by atoms with van der Waals surface area (Å²) in [5.41, 5.74) is 7.52. The smallest absolute Gasteiger partial charge is 0.154 e. The molecule has 0 amide bonds. The molecule has 0 radical (unpaired) electrons. The lowest BCUT2D eigenvalue weighted by Gasteiger charge is -2.09. The van der Waals surface area contributed by atoms with Gasteiger partial charge in [-0.25, -0.2) is 4.99 Å². The molecular weight excluding hydrogens is 346 g/mol. The largest absolute Gasteiger partial charge is 0.497 e. The van der Waals surface area contributed by atoms with Crippen molar-refractivity contribution in [3.05, 3.63) is 94.5 Å². The maximum atomic E-state index is 6.04. The number of halogens is 1. The molecule has 0 saturated carbocycles. The van der Waals surface area contributed by atoms with Crippen LogP contribution in [0.1, 0.15) is 16.7 Å². The quantitative estimate of drug-likeness (QED) is 0.729. The minimum atomic E-state index is 0.683. The van der Waals surface area contributed by atoms with Gasteiger partial charge in [-0.15, -0.1) is 0 Å². The third kappa shape index (κ3) is 3.19. The molecule has 0 spiro atoms. The minimum absolute atomic E-state index is 0.683. The van der Waals surface area contributed by atoms with Crippen LogP contribution in [0.4, 0.5) is 5.69 Å². The van der Waals surface area contributed by atoms with Crippen molar-refractivity contribution in [1.29, 1.82) is 0 Å². The normalized spacial score (nSPS) is 13.0. The van der Waals surface area contributed by atoms with Crippen molar-refractivity contribution in [2.45, 2.75) is 0 Å². The van der Waals surface area contributed by atoms with Crippen molar-refractivity contribution in [3.8, 4) is 5.75 Å². The van der Waals surface area contributed by atoms with E-state index in [4.69, 9.17) is 21.3 Å². The van der Waals surface area contributed by atoms with Gasteiger partial charge < -0.3 is 4.74 Å². The molecule has 0 bridgehead atoms. The summed E-state index contributed by atoms with van der Waals surface area (Å²) < 4.78 is 5.39. The highest BCUT2D eigenvalue weighted by molar-refractivity contribution is 6.30. The third-order valence-electron chi connectivity index (χ3n) is 4.13. The molecule has 0 aromatic heterocycles. The highest BCUT2D eigenvalue weighted by atomic mass is 35.5. The average molecular weight is 362 g/mol. The lowest BCUT2D eigenvalue weighted by atomic mass is 10.0. The Labute approximate surface area is 156 Å². The van der Waals surface area contributed by atoms with Crippen LogP contribution in [-0.4, -0.2) is 18.7 Å². The molecule has 3 aromatic carbocycles. The predicted octanol–water partition coefficient (Wildman–Crippen LogP) is 4.78. The number of nitrogens with one attached hydrogen (secondary N) is 1. The zero-order valence-corrected chi connectivity index (χ0v) is 14.9. The lowest BCUT2D eigenvalue weighted by molar-refractivity contribution is 0.415. The summed E-state index contributed by atoms with van der Waals surface area (Å²) >= 11 is 6.04. The molecule has 4 nitrogen and oxygen atoms in total. The number of fused-ring (bicyclic) bond motifs is 1. The van der Waals surface area contributed by atoms with Crippen LogP contribution in [0.15, 0.2) is 82.9 Å². The van der Waals surface area contributed by atoms with Crippen molar-refractivity contribution >= 4 is 28.8 Å². The van der Waals surface area contributed by atoms with E-state index in [-0.39, 0.29) is 0 Å². The molecule has 3 aromatic rings. The number of rotatable bonds is 3. The lowest BCUT2D eigenvalue weighted by Crippen LogP contribution is -2.19. The van der Waals surface area contributed by atoms with E-state index < -0.39 is 0 Å². The molecule has 4 rings (SSSR count). The van der Waals surface area contributed by atoms with E-state index in [2.05, 4.69) is 10.5 Å². The molecule has 1 heterocycles. The summed E-state index contributed by atoms with van der Waals surface area (Å²) in [5.74, 6) is 1.45. The summed E-state index contributed by atoms with van der Waals surface area (Å²) in [5, 5.41) is 5.32. The Morgan fingerprint density at radius 2 is 1.65 bits per heavy atom. The Morgan fingerprint density at radius 3 is 2.38 bits per heavy atom. The summed E-state index contributed by atoms with van der Waals surface area (Å²) in [6.45, 7) is 0. The van der Waals surface area contributed by atoms with Gasteiger partial charge in [0.2, 0.25) is 0 Å². The second kappa shape index (κ2) is 7.02. The molecule has 5 heteroatoms. The molecule has 0 atom stereocenters. The van der Waals surface area contributed by atoms with E-state index in [1.807, 2.05) is 72.8 Å². The van der Waals surface area contributed by atoms with Gasteiger partial charge in [-0.05, 0) is 30.3 Å². The van der Waals surface area contributed by atoms with Crippen LogP contribution in [0.25, 0.3) is 0 Å². The molecule has 128 valence electrons. The molecular formula is C21H16ClN3O. The number of hydrogen-bond acceptors (Lipinski definition) is 4. The van der Waals surface area contributed by atoms with Gasteiger partial charge in [0.15, 0.2) is 5.84 Å². The topological polar surface area (TPSA) is 46.0 Å². The number of methoxy groups -OCH3 is 1. The summed E-state index contributed by atoms with van der Waals surface area (Å²) in [6.07, 6.45) is 0. The summed E-state index contributed by atoms with van der Waals surface area (Å²) in [7, 11) is 1.65. The van der Waals surface area contributed by atoms with Gasteiger partial charge in [-0.1, -0.05) is 54.1 Å². The third-order valence-corrected chi connectivity index (χ3v) is 4.38. The van der Waals surface area contributed by atoms with Crippen LogP contribution in [0.5, 0.6) is 5.75 Å². The summed E-state index contributed by atoms with van der Waals surface area (Å²) in [4.78, 5) is 4.79. The number of ether oxygens (including phenoxy) is 1. The van der Waals surface area contributed by atoms with E-state index in [1.54, 1.807) is 7.11 Å². The number of benzene rings is 3. The predicted molar refractivity (Wildman–Crippen MR) is 106 cm³/mol. The van der Waals surface area contributed by atoms with Crippen LogP contribution in [0.2, 0.25) is 5.02 Å². The number of nitrogens with zero attached hydrogens (tertiary/aromatic N) is 2. The second-order valence-electron chi connectivity index (χ2n) is 5.79. The number of aliphatic imine (C=N–C) groups is 1. The fourth-order valence-corrected chi connectivity index (χ4v) is 2.92. The van der Waals surface area contributed by atoms with E-state index in [9.17, 15) is 0 Å². The first-order valence-corrected chi connectivity index (χ1v) is 8.54. The van der Waals surface area contributed by atoms with Crippen molar-refractivity contribution < 1.29 is 4.74 Å². The van der Waals surface area contributed by atoms with Crippen molar-refractivity contribution in [3.63, 3.8) is 0 Å². The monoisotopic (exact) mass is 361 g/mol. The molecule has 0 fully saturated rings. The summed E-state index contributed by atoms with van der Waals surface area (Å²) in [6, 6.07) is 23.3. The fraction of sp³-hybridized carbons (Fsp3) is 0.0476. The van der Waals surface area contributed by atoms with Gasteiger partial charge in [0, 0.05) is 21.7 Å². The van der Waals surface area contributed by atoms with Gasteiger partial charge in [0.25, 0.3) is 0 Å². The van der Waals surface area contributed by atoms with Gasteiger partial charge in [0.05, 0.1) is 12.8 Å². The van der Waals surface area contributed by atoms with Gasteiger partial charge in [0.1, 0.15) is 11.5 Å². The average Bonchev–Trinajstić information content (AvgIpc) is 2.88. The number of hydrazone groups is 1. The Kier molecular flexibility index (Phi) is 4.42. The van der Waals surface area contributed by atoms with Crippen molar-refractivity contribution in [2.24, 2.45) is 10.1 Å². The van der Waals surface area contributed by atoms with E-state index in [1.165, 1.54) is 0 Å². The maximum absolute atomic E-state index is 6.04. The number of hydrogen-bond donors (Lipinski definition) is 1.